The summed E-state index contributed by atoms with van der Waals surface area (Å²) < 4.78 is 5.29. The van der Waals surface area contributed by atoms with Crippen LogP contribution in [0.5, 0.6) is 0 Å². The SMILES string of the molecule is CCOCCCNC(N)=NCC(c1ccc(C)cc1)N(C)C.I. The van der Waals surface area contributed by atoms with Crippen molar-refractivity contribution in [2.75, 3.05) is 40.4 Å². The van der Waals surface area contributed by atoms with Gasteiger partial charge in [-0.1, -0.05) is 29.8 Å². The average molecular weight is 434 g/mol. The Morgan fingerprint density at radius 1 is 1.30 bits per heavy atom. The van der Waals surface area contributed by atoms with Crippen LogP contribution in [0.1, 0.15) is 30.5 Å². The zero-order valence-electron chi connectivity index (χ0n) is 14.7. The first kappa shape index (κ1) is 22.1. The summed E-state index contributed by atoms with van der Waals surface area (Å²) in [6.45, 7) is 7.02. The van der Waals surface area contributed by atoms with E-state index in [1.165, 1.54) is 11.1 Å². The third-order valence-corrected chi connectivity index (χ3v) is 3.50. The van der Waals surface area contributed by atoms with E-state index in [2.05, 4.69) is 60.5 Å². The summed E-state index contributed by atoms with van der Waals surface area (Å²) in [6.07, 6.45) is 0.930. The topological polar surface area (TPSA) is 62.9 Å². The molecule has 0 aromatic heterocycles. The Bertz CT molecular complexity index is 448. The molecule has 5 nitrogen and oxygen atoms in total. The average Bonchev–Trinajstić information content (AvgIpc) is 2.48. The number of nitrogens with two attached hydrogens (primary N) is 1. The largest absolute Gasteiger partial charge is 0.382 e. The van der Waals surface area contributed by atoms with Crippen LogP contribution in [0.3, 0.4) is 0 Å². The maximum atomic E-state index is 5.92. The number of halogens is 1. The van der Waals surface area contributed by atoms with Crippen molar-refractivity contribution in [3.05, 3.63) is 35.4 Å². The predicted octanol–water partition coefficient (Wildman–Crippen LogP) is 2.55. The molecule has 0 amide bonds. The van der Waals surface area contributed by atoms with Gasteiger partial charge >= 0.3 is 0 Å². The number of benzene rings is 1. The summed E-state index contributed by atoms with van der Waals surface area (Å²) in [5, 5.41) is 3.13. The first-order valence-corrected chi connectivity index (χ1v) is 7.89. The highest BCUT2D eigenvalue weighted by atomic mass is 127. The molecule has 0 aliphatic carbocycles. The van der Waals surface area contributed by atoms with E-state index < -0.39 is 0 Å². The second kappa shape index (κ2) is 12.5. The fourth-order valence-electron chi connectivity index (χ4n) is 2.13. The lowest BCUT2D eigenvalue weighted by Gasteiger charge is -2.23. The van der Waals surface area contributed by atoms with Gasteiger partial charge in [0.1, 0.15) is 0 Å². The standard InChI is InChI=1S/C17H30N4O.HI/c1-5-22-12-6-11-19-17(18)20-13-16(21(3)4)15-9-7-14(2)8-10-15;/h7-10,16H,5-6,11-13H2,1-4H3,(H3,18,19,20);1H. The molecule has 1 aromatic rings. The molecule has 1 aromatic carbocycles. The first-order valence-electron chi connectivity index (χ1n) is 7.89. The van der Waals surface area contributed by atoms with Crippen LogP contribution in [0.2, 0.25) is 0 Å². The van der Waals surface area contributed by atoms with Gasteiger partial charge in [0.05, 0.1) is 12.6 Å². The van der Waals surface area contributed by atoms with Gasteiger partial charge in [0, 0.05) is 19.8 Å². The van der Waals surface area contributed by atoms with E-state index in [0.29, 0.717) is 12.5 Å². The fourth-order valence-corrected chi connectivity index (χ4v) is 2.13. The molecule has 1 unspecified atom stereocenters. The van der Waals surface area contributed by atoms with E-state index in [4.69, 9.17) is 10.5 Å². The number of nitrogens with zero attached hydrogens (tertiary/aromatic N) is 2. The van der Waals surface area contributed by atoms with E-state index in [-0.39, 0.29) is 30.0 Å². The zero-order chi connectivity index (χ0) is 16.4. The van der Waals surface area contributed by atoms with Crippen molar-refractivity contribution in [3.8, 4) is 0 Å². The molecule has 0 bridgehead atoms. The van der Waals surface area contributed by atoms with E-state index in [0.717, 1.165) is 26.2 Å². The van der Waals surface area contributed by atoms with Crippen molar-refractivity contribution in [1.29, 1.82) is 0 Å². The van der Waals surface area contributed by atoms with Crippen LogP contribution < -0.4 is 11.1 Å². The number of aryl methyl sites for hydroxylation is 1. The van der Waals surface area contributed by atoms with Crippen LogP contribution in [0.25, 0.3) is 0 Å². The van der Waals surface area contributed by atoms with Crippen molar-refractivity contribution in [2.24, 2.45) is 10.7 Å². The number of aliphatic imine (C=N–C) groups is 1. The summed E-state index contributed by atoms with van der Waals surface area (Å²) in [5.41, 5.74) is 8.44. The Balaban J connectivity index is 0.00000484. The van der Waals surface area contributed by atoms with E-state index in [9.17, 15) is 0 Å². The minimum Gasteiger partial charge on any atom is -0.382 e. The molecule has 0 saturated carbocycles. The molecule has 132 valence electrons. The molecule has 0 spiro atoms. The van der Waals surface area contributed by atoms with E-state index >= 15 is 0 Å². The molecule has 1 atom stereocenters. The van der Waals surface area contributed by atoms with Gasteiger partial charge in [-0.15, -0.1) is 24.0 Å². The van der Waals surface area contributed by atoms with Gasteiger partial charge in [-0.3, -0.25) is 4.99 Å². The molecule has 0 aliphatic rings. The number of hydrogen-bond donors (Lipinski definition) is 2. The van der Waals surface area contributed by atoms with Crippen LogP contribution in [0.4, 0.5) is 0 Å². The molecule has 0 heterocycles. The van der Waals surface area contributed by atoms with Crippen molar-refractivity contribution in [2.45, 2.75) is 26.3 Å². The highest BCUT2D eigenvalue weighted by Gasteiger charge is 2.13. The normalized spacial score (nSPS) is 12.8. The monoisotopic (exact) mass is 434 g/mol. The van der Waals surface area contributed by atoms with Gasteiger partial charge < -0.3 is 20.7 Å². The molecule has 23 heavy (non-hydrogen) atoms. The maximum absolute atomic E-state index is 5.92. The van der Waals surface area contributed by atoms with Crippen molar-refractivity contribution >= 4 is 29.9 Å². The summed E-state index contributed by atoms with van der Waals surface area (Å²) in [7, 11) is 4.12. The lowest BCUT2D eigenvalue weighted by atomic mass is 10.0. The predicted molar refractivity (Wildman–Crippen MR) is 109 cm³/mol. The van der Waals surface area contributed by atoms with Gasteiger partial charge in [0.15, 0.2) is 5.96 Å². The number of likely N-dealkylation sites (N-methyl/N-ethyl adjacent to an activating group) is 1. The Hall–Kier alpha value is -0.860. The number of hydrogen-bond acceptors (Lipinski definition) is 3. The maximum Gasteiger partial charge on any atom is 0.188 e. The lowest BCUT2D eigenvalue weighted by Crippen LogP contribution is -2.34. The third-order valence-electron chi connectivity index (χ3n) is 3.50. The van der Waals surface area contributed by atoms with Crippen LogP contribution >= 0.6 is 24.0 Å². The van der Waals surface area contributed by atoms with E-state index in [1.807, 2.05) is 6.92 Å². The number of nitrogens with one attached hydrogen (secondary N) is 1. The smallest absolute Gasteiger partial charge is 0.188 e. The minimum absolute atomic E-state index is 0. The van der Waals surface area contributed by atoms with E-state index in [1.54, 1.807) is 0 Å². The quantitative estimate of drug-likeness (QED) is 0.272. The number of rotatable bonds is 9. The van der Waals surface area contributed by atoms with Crippen molar-refractivity contribution < 1.29 is 4.74 Å². The number of guanidine groups is 1. The van der Waals surface area contributed by atoms with Crippen LogP contribution in [0, 0.1) is 6.92 Å². The molecular formula is C17H31IN4O. The molecule has 0 fully saturated rings. The molecule has 3 N–H and O–H groups in total. The molecule has 0 aliphatic heterocycles. The molecule has 1 rings (SSSR count). The Morgan fingerprint density at radius 2 is 1.96 bits per heavy atom. The van der Waals surface area contributed by atoms with Gasteiger partial charge in [0.25, 0.3) is 0 Å². The Labute approximate surface area is 157 Å². The highest BCUT2D eigenvalue weighted by molar-refractivity contribution is 14.0. The van der Waals surface area contributed by atoms with Gasteiger partial charge in [-0.2, -0.15) is 0 Å². The molecule has 0 saturated heterocycles. The Morgan fingerprint density at radius 3 is 2.52 bits per heavy atom. The molecule has 0 radical (unpaired) electrons. The summed E-state index contributed by atoms with van der Waals surface area (Å²) >= 11 is 0. The van der Waals surface area contributed by atoms with Crippen molar-refractivity contribution in [3.63, 3.8) is 0 Å². The fraction of sp³-hybridized carbons (Fsp3) is 0.588. The summed E-state index contributed by atoms with van der Waals surface area (Å²) in [4.78, 5) is 6.63. The van der Waals surface area contributed by atoms with Crippen molar-refractivity contribution in [1.82, 2.24) is 10.2 Å². The van der Waals surface area contributed by atoms with Crippen LogP contribution in [-0.4, -0.2) is 51.3 Å². The Kier molecular flexibility index (Phi) is 12.1. The van der Waals surface area contributed by atoms with Crippen LogP contribution in [0.15, 0.2) is 29.3 Å². The molecular weight excluding hydrogens is 403 g/mol. The minimum atomic E-state index is 0. The second-order valence-electron chi connectivity index (χ2n) is 5.59. The summed E-state index contributed by atoms with van der Waals surface area (Å²) in [6, 6.07) is 8.79. The number of ether oxygens (including phenoxy) is 1. The zero-order valence-corrected chi connectivity index (χ0v) is 17.0. The molecule has 6 heteroatoms. The first-order chi connectivity index (χ1) is 10.5. The lowest BCUT2D eigenvalue weighted by molar-refractivity contribution is 0.145. The second-order valence-corrected chi connectivity index (χ2v) is 5.59. The van der Waals surface area contributed by atoms with Gasteiger partial charge in [0.2, 0.25) is 0 Å². The van der Waals surface area contributed by atoms with Gasteiger partial charge in [-0.05, 0) is 39.9 Å². The van der Waals surface area contributed by atoms with Gasteiger partial charge in [-0.25, -0.2) is 0 Å². The highest BCUT2D eigenvalue weighted by Crippen LogP contribution is 2.18. The van der Waals surface area contributed by atoms with Crippen LogP contribution in [-0.2, 0) is 4.74 Å². The third kappa shape index (κ3) is 9.12. The summed E-state index contributed by atoms with van der Waals surface area (Å²) in [5.74, 6) is 0.496.